The molecule has 0 unspecified atom stereocenters. The minimum atomic E-state index is 0.167. The Balaban J connectivity index is 1.95. The van der Waals surface area contributed by atoms with Gasteiger partial charge in [0.15, 0.2) is 18.9 Å². The van der Waals surface area contributed by atoms with Crippen molar-refractivity contribution >= 4 is 17.8 Å². The highest BCUT2D eigenvalue weighted by Gasteiger charge is 2.06. The van der Waals surface area contributed by atoms with Crippen molar-refractivity contribution in [3.8, 4) is 0 Å². The van der Waals surface area contributed by atoms with Gasteiger partial charge in [0.25, 0.3) is 0 Å². The number of rotatable bonds is 15. The Morgan fingerprint density at radius 2 is 1.27 bits per heavy atom. The number of hydrogen-bond acceptors (Lipinski definition) is 2. The molecule has 3 heteroatoms. The van der Waals surface area contributed by atoms with E-state index in [1.54, 1.807) is 0 Å². The Morgan fingerprint density at radius 1 is 0.733 bits per heavy atom. The molecule has 0 spiro atoms. The zero-order chi connectivity index (χ0) is 21.4. The standard InChI is InChI=1S/C27H41N2O/c1-3-5-7-9-19-29(20-10-8-6-4-2)27-15-13-25(14-16-27)11-12-26-17-21-28(22-18-26)23-24-30/h11-18,21-22,30H,3-10,19-20,23-24H2,1-2H3/q+1. The SMILES string of the molecule is CCCCCCN(CCCCCC)c1ccc(C=Cc2cc[n+](CCO)cc2)cc1. The van der Waals surface area contributed by atoms with Crippen molar-refractivity contribution in [2.45, 2.75) is 71.8 Å². The summed E-state index contributed by atoms with van der Waals surface area (Å²) in [4.78, 5) is 2.58. The molecule has 0 aliphatic heterocycles. The van der Waals surface area contributed by atoms with Gasteiger partial charge in [-0.3, -0.25) is 0 Å². The zero-order valence-electron chi connectivity index (χ0n) is 19.1. The molecule has 164 valence electrons. The van der Waals surface area contributed by atoms with E-state index < -0.39 is 0 Å². The Bertz CT molecular complexity index is 695. The lowest BCUT2D eigenvalue weighted by Crippen LogP contribution is -2.34. The molecule has 1 heterocycles. The van der Waals surface area contributed by atoms with E-state index in [2.05, 4.69) is 67.3 Å². The number of nitrogens with zero attached hydrogens (tertiary/aromatic N) is 2. The molecule has 0 saturated heterocycles. The summed E-state index contributed by atoms with van der Waals surface area (Å²) in [5, 5.41) is 9.01. The van der Waals surface area contributed by atoms with Crippen molar-refractivity contribution in [3.63, 3.8) is 0 Å². The summed E-state index contributed by atoms with van der Waals surface area (Å²) in [5.74, 6) is 0. The Morgan fingerprint density at radius 3 is 1.77 bits per heavy atom. The van der Waals surface area contributed by atoms with Crippen LogP contribution < -0.4 is 9.47 Å². The van der Waals surface area contributed by atoms with Gasteiger partial charge in [0.1, 0.15) is 6.61 Å². The number of pyridine rings is 1. The van der Waals surface area contributed by atoms with Gasteiger partial charge < -0.3 is 10.0 Å². The summed E-state index contributed by atoms with van der Waals surface area (Å²) in [7, 11) is 0. The van der Waals surface area contributed by atoms with Gasteiger partial charge in [-0.05, 0) is 36.1 Å². The van der Waals surface area contributed by atoms with Gasteiger partial charge >= 0.3 is 0 Å². The van der Waals surface area contributed by atoms with E-state index in [9.17, 15) is 0 Å². The second-order valence-corrected chi connectivity index (χ2v) is 8.13. The maximum Gasteiger partial charge on any atom is 0.171 e. The van der Waals surface area contributed by atoms with Crippen LogP contribution in [0.25, 0.3) is 12.2 Å². The summed E-state index contributed by atoms with van der Waals surface area (Å²) >= 11 is 0. The number of aliphatic hydroxyl groups excluding tert-OH is 1. The average Bonchev–Trinajstić information content (AvgIpc) is 2.78. The van der Waals surface area contributed by atoms with Gasteiger partial charge in [0, 0.05) is 30.9 Å². The maximum absolute atomic E-state index is 9.01. The third-order valence-electron chi connectivity index (χ3n) is 5.56. The normalized spacial score (nSPS) is 11.3. The zero-order valence-corrected chi connectivity index (χ0v) is 19.1. The highest BCUT2D eigenvalue weighted by atomic mass is 16.3. The van der Waals surface area contributed by atoms with Crippen molar-refractivity contribution in [1.29, 1.82) is 0 Å². The first-order valence-corrected chi connectivity index (χ1v) is 11.9. The second-order valence-electron chi connectivity index (χ2n) is 8.13. The smallest absolute Gasteiger partial charge is 0.171 e. The molecule has 30 heavy (non-hydrogen) atoms. The summed E-state index contributed by atoms with van der Waals surface area (Å²) < 4.78 is 1.99. The topological polar surface area (TPSA) is 27.4 Å². The molecule has 0 atom stereocenters. The van der Waals surface area contributed by atoms with Crippen LogP contribution in [0.4, 0.5) is 5.69 Å². The van der Waals surface area contributed by atoms with E-state index in [4.69, 9.17) is 5.11 Å². The highest BCUT2D eigenvalue weighted by molar-refractivity contribution is 5.70. The van der Waals surface area contributed by atoms with Crippen LogP contribution in [0.15, 0.2) is 48.8 Å². The van der Waals surface area contributed by atoms with Crippen LogP contribution >= 0.6 is 0 Å². The molecule has 0 aliphatic rings. The van der Waals surface area contributed by atoms with Crippen LogP contribution in [0.2, 0.25) is 0 Å². The Kier molecular flexibility index (Phi) is 11.9. The predicted octanol–water partition coefficient (Wildman–Crippen LogP) is 6.10. The average molecular weight is 410 g/mol. The van der Waals surface area contributed by atoms with Crippen molar-refractivity contribution in [2.24, 2.45) is 0 Å². The largest absolute Gasteiger partial charge is 0.390 e. The van der Waals surface area contributed by atoms with Gasteiger partial charge in [-0.1, -0.05) is 76.7 Å². The molecule has 1 aromatic heterocycles. The monoisotopic (exact) mass is 409 g/mol. The molecule has 0 saturated carbocycles. The maximum atomic E-state index is 9.01. The van der Waals surface area contributed by atoms with Crippen molar-refractivity contribution in [2.75, 3.05) is 24.6 Å². The highest BCUT2D eigenvalue weighted by Crippen LogP contribution is 2.19. The molecule has 2 aromatic rings. The third-order valence-corrected chi connectivity index (χ3v) is 5.56. The summed E-state index contributed by atoms with van der Waals surface area (Å²) in [6.07, 6.45) is 18.8. The number of benzene rings is 1. The van der Waals surface area contributed by atoms with Crippen molar-refractivity contribution in [3.05, 3.63) is 59.9 Å². The van der Waals surface area contributed by atoms with E-state index in [0.717, 1.165) is 0 Å². The van der Waals surface area contributed by atoms with E-state index in [1.807, 2.05) is 17.0 Å². The lowest BCUT2D eigenvalue weighted by Gasteiger charge is -2.25. The minimum absolute atomic E-state index is 0.167. The second kappa shape index (κ2) is 14.8. The van der Waals surface area contributed by atoms with Gasteiger partial charge in [0.2, 0.25) is 0 Å². The number of aromatic nitrogens is 1. The van der Waals surface area contributed by atoms with E-state index >= 15 is 0 Å². The Labute approximate surface area is 184 Å². The van der Waals surface area contributed by atoms with Crippen LogP contribution in [-0.4, -0.2) is 24.8 Å². The first-order valence-electron chi connectivity index (χ1n) is 11.9. The first kappa shape index (κ1) is 24.1. The van der Waals surface area contributed by atoms with Crippen LogP contribution in [0.3, 0.4) is 0 Å². The van der Waals surface area contributed by atoms with Crippen molar-refractivity contribution < 1.29 is 9.67 Å². The van der Waals surface area contributed by atoms with E-state index in [1.165, 1.54) is 81.3 Å². The van der Waals surface area contributed by atoms with E-state index in [0.29, 0.717) is 6.54 Å². The molecule has 3 nitrogen and oxygen atoms in total. The fourth-order valence-electron chi connectivity index (χ4n) is 3.66. The van der Waals surface area contributed by atoms with Crippen molar-refractivity contribution in [1.82, 2.24) is 0 Å². The van der Waals surface area contributed by atoms with Crippen LogP contribution in [0.5, 0.6) is 0 Å². The molecular weight excluding hydrogens is 368 g/mol. The number of hydrogen-bond donors (Lipinski definition) is 1. The minimum Gasteiger partial charge on any atom is -0.390 e. The molecular formula is C27H41N2O+. The fraction of sp³-hybridized carbons (Fsp3) is 0.519. The number of anilines is 1. The van der Waals surface area contributed by atoms with Gasteiger partial charge in [-0.2, -0.15) is 0 Å². The summed E-state index contributed by atoms with van der Waals surface area (Å²) in [6.45, 7) is 7.69. The molecule has 0 aliphatic carbocycles. The molecule has 2 rings (SSSR count). The molecule has 0 amide bonds. The van der Waals surface area contributed by atoms with Gasteiger partial charge in [0.05, 0.1) is 0 Å². The molecule has 1 N–H and O–H groups in total. The molecule has 0 fully saturated rings. The number of unbranched alkanes of at least 4 members (excludes halogenated alkanes) is 6. The fourth-order valence-corrected chi connectivity index (χ4v) is 3.66. The quantitative estimate of drug-likeness (QED) is 0.284. The van der Waals surface area contributed by atoms with Gasteiger partial charge in [-0.25, -0.2) is 4.57 Å². The lowest BCUT2D eigenvalue weighted by atomic mass is 10.1. The predicted molar refractivity (Wildman–Crippen MR) is 130 cm³/mol. The van der Waals surface area contributed by atoms with Crippen LogP contribution in [0.1, 0.15) is 76.3 Å². The number of aliphatic hydroxyl groups is 1. The molecule has 0 radical (unpaired) electrons. The van der Waals surface area contributed by atoms with Gasteiger partial charge in [-0.15, -0.1) is 0 Å². The summed E-state index contributed by atoms with van der Waals surface area (Å²) in [5.41, 5.74) is 3.74. The first-order chi connectivity index (χ1) is 14.8. The summed E-state index contributed by atoms with van der Waals surface area (Å²) in [6, 6.07) is 13.2. The van der Waals surface area contributed by atoms with Crippen LogP contribution in [-0.2, 0) is 6.54 Å². The van der Waals surface area contributed by atoms with Crippen LogP contribution in [0, 0.1) is 0 Å². The molecule has 0 bridgehead atoms. The third kappa shape index (κ3) is 9.13. The Hall–Kier alpha value is -2.13. The lowest BCUT2D eigenvalue weighted by molar-refractivity contribution is -0.698. The molecule has 1 aromatic carbocycles. The van der Waals surface area contributed by atoms with E-state index in [-0.39, 0.29) is 6.61 Å².